The zero-order chi connectivity index (χ0) is 11.0. The van der Waals surface area contributed by atoms with Crippen molar-refractivity contribution in [2.24, 2.45) is 0 Å². The molecule has 1 aromatic carbocycles. The minimum absolute atomic E-state index is 0.0515. The smallest absolute Gasteiger partial charge is 0.123 e. The van der Waals surface area contributed by atoms with Crippen LogP contribution < -0.4 is 5.32 Å². The monoisotopic (exact) mass is 219 g/mol. The first-order valence-corrected chi connectivity index (χ1v) is 6.39. The van der Waals surface area contributed by atoms with Gasteiger partial charge in [0.05, 0.1) is 0 Å². The van der Waals surface area contributed by atoms with Crippen LogP contribution in [0.4, 0.5) is 4.39 Å². The Kier molecular flexibility index (Phi) is 2.68. The minimum atomic E-state index is -0.0515. The molecule has 1 fully saturated rings. The molecule has 0 bridgehead atoms. The van der Waals surface area contributed by atoms with E-state index in [0.29, 0.717) is 6.04 Å². The molecule has 86 valence electrons. The molecule has 1 aromatic rings. The van der Waals surface area contributed by atoms with Crippen molar-refractivity contribution in [2.45, 2.75) is 44.6 Å². The summed E-state index contributed by atoms with van der Waals surface area (Å²) >= 11 is 0. The van der Waals surface area contributed by atoms with Gasteiger partial charge in [-0.3, -0.25) is 0 Å². The lowest BCUT2D eigenvalue weighted by molar-refractivity contribution is 0.582. The van der Waals surface area contributed by atoms with Gasteiger partial charge in [0.1, 0.15) is 5.82 Å². The van der Waals surface area contributed by atoms with Crippen molar-refractivity contribution in [1.29, 1.82) is 0 Å². The SMILES string of the molecule is Fc1cc2c(c([C@@H]3CCCN3)c1)CCCC2. The number of aryl methyl sites for hydroxylation is 1. The van der Waals surface area contributed by atoms with Gasteiger partial charge in [-0.15, -0.1) is 0 Å². The van der Waals surface area contributed by atoms with Crippen molar-refractivity contribution >= 4 is 0 Å². The van der Waals surface area contributed by atoms with Gasteiger partial charge in [-0.2, -0.15) is 0 Å². The van der Waals surface area contributed by atoms with Gasteiger partial charge in [0, 0.05) is 6.04 Å². The first-order valence-electron chi connectivity index (χ1n) is 6.39. The third kappa shape index (κ3) is 1.75. The first-order chi connectivity index (χ1) is 7.84. The summed E-state index contributed by atoms with van der Waals surface area (Å²) in [5.41, 5.74) is 3.94. The highest BCUT2D eigenvalue weighted by atomic mass is 19.1. The van der Waals surface area contributed by atoms with Crippen LogP contribution in [0.3, 0.4) is 0 Å². The van der Waals surface area contributed by atoms with Gasteiger partial charge in [0.25, 0.3) is 0 Å². The van der Waals surface area contributed by atoms with Gasteiger partial charge in [0.15, 0.2) is 0 Å². The van der Waals surface area contributed by atoms with Gasteiger partial charge >= 0.3 is 0 Å². The summed E-state index contributed by atoms with van der Waals surface area (Å²) in [6.45, 7) is 1.08. The Balaban J connectivity index is 2.04. The van der Waals surface area contributed by atoms with Gasteiger partial charge in [-0.1, -0.05) is 0 Å². The molecule has 1 aliphatic carbocycles. The molecule has 1 heterocycles. The molecule has 0 spiro atoms. The zero-order valence-corrected chi connectivity index (χ0v) is 9.56. The van der Waals surface area contributed by atoms with E-state index in [1.54, 1.807) is 12.1 Å². The molecule has 1 aliphatic heterocycles. The van der Waals surface area contributed by atoms with E-state index in [9.17, 15) is 4.39 Å². The van der Waals surface area contributed by atoms with Crippen molar-refractivity contribution in [2.75, 3.05) is 6.54 Å². The van der Waals surface area contributed by atoms with Crippen LogP contribution in [-0.4, -0.2) is 6.54 Å². The zero-order valence-electron chi connectivity index (χ0n) is 9.56. The second-order valence-corrected chi connectivity index (χ2v) is 4.99. The number of nitrogens with one attached hydrogen (secondary N) is 1. The average molecular weight is 219 g/mol. The van der Waals surface area contributed by atoms with E-state index in [1.165, 1.54) is 36.0 Å². The fourth-order valence-corrected chi connectivity index (χ4v) is 3.12. The Bertz CT molecular complexity index is 394. The van der Waals surface area contributed by atoms with E-state index in [4.69, 9.17) is 0 Å². The molecule has 1 saturated heterocycles. The number of hydrogen-bond acceptors (Lipinski definition) is 1. The van der Waals surface area contributed by atoms with E-state index in [2.05, 4.69) is 5.32 Å². The van der Waals surface area contributed by atoms with Crippen LogP contribution in [0.25, 0.3) is 0 Å². The number of fused-ring (bicyclic) bond motifs is 1. The van der Waals surface area contributed by atoms with Crippen molar-refractivity contribution in [3.63, 3.8) is 0 Å². The number of halogens is 1. The molecule has 1 nitrogen and oxygen atoms in total. The van der Waals surface area contributed by atoms with Crippen molar-refractivity contribution in [3.8, 4) is 0 Å². The minimum Gasteiger partial charge on any atom is -0.310 e. The summed E-state index contributed by atoms with van der Waals surface area (Å²) in [6.07, 6.45) is 7.06. The molecule has 3 rings (SSSR count). The lowest BCUT2D eigenvalue weighted by Crippen LogP contribution is -2.17. The first kappa shape index (κ1) is 10.3. The van der Waals surface area contributed by atoms with E-state index in [-0.39, 0.29) is 5.82 Å². The van der Waals surface area contributed by atoms with E-state index in [1.807, 2.05) is 0 Å². The van der Waals surface area contributed by atoms with E-state index < -0.39 is 0 Å². The van der Waals surface area contributed by atoms with Crippen LogP contribution in [0.5, 0.6) is 0 Å². The molecular weight excluding hydrogens is 201 g/mol. The Labute approximate surface area is 96.1 Å². The maximum atomic E-state index is 13.6. The lowest BCUT2D eigenvalue weighted by atomic mass is 9.85. The second kappa shape index (κ2) is 4.17. The van der Waals surface area contributed by atoms with Crippen LogP contribution in [0.1, 0.15) is 48.4 Å². The van der Waals surface area contributed by atoms with Crippen LogP contribution in [0.15, 0.2) is 12.1 Å². The summed E-state index contributed by atoms with van der Waals surface area (Å²) in [7, 11) is 0. The van der Waals surface area contributed by atoms with Crippen LogP contribution in [-0.2, 0) is 12.8 Å². The molecule has 2 heteroatoms. The van der Waals surface area contributed by atoms with Crippen LogP contribution in [0.2, 0.25) is 0 Å². The Morgan fingerprint density at radius 3 is 2.81 bits per heavy atom. The molecule has 1 N–H and O–H groups in total. The van der Waals surface area contributed by atoms with Crippen molar-refractivity contribution in [1.82, 2.24) is 5.32 Å². The number of hydrogen-bond donors (Lipinski definition) is 1. The molecule has 2 aliphatic rings. The Hall–Kier alpha value is -0.890. The molecule has 0 radical (unpaired) electrons. The van der Waals surface area contributed by atoms with Crippen molar-refractivity contribution < 1.29 is 4.39 Å². The quantitative estimate of drug-likeness (QED) is 0.765. The summed E-state index contributed by atoms with van der Waals surface area (Å²) in [6, 6.07) is 3.91. The summed E-state index contributed by atoms with van der Waals surface area (Å²) < 4.78 is 13.6. The maximum Gasteiger partial charge on any atom is 0.123 e. The fraction of sp³-hybridized carbons (Fsp3) is 0.571. The number of rotatable bonds is 1. The normalized spacial score (nSPS) is 24.4. The highest BCUT2D eigenvalue weighted by Crippen LogP contribution is 2.32. The van der Waals surface area contributed by atoms with E-state index >= 15 is 0 Å². The summed E-state index contributed by atoms with van der Waals surface area (Å²) in [5.74, 6) is -0.0515. The van der Waals surface area contributed by atoms with Gasteiger partial charge < -0.3 is 5.32 Å². The summed E-state index contributed by atoms with van der Waals surface area (Å²) in [4.78, 5) is 0. The average Bonchev–Trinajstić information content (AvgIpc) is 2.81. The largest absolute Gasteiger partial charge is 0.310 e. The molecule has 0 saturated carbocycles. The maximum absolute atomic E-state index is 13.6. The van der Waals surface area contributed by atoms with Gasteiger partial charge in [0.2, 0.25) is 0 Å². The van der Waals surface area contributed by atoms with Gasteiger partial charge in [-0.05, 0) is 73.9 Å². The number of benzene rings is 1. The second-order valence-electron chi connectivity index (χ2n) is 4.99. The van der Waals surface area contributed by atoms with Gasteiger partial charge in [-0.25, -0.2) is 4.39 Å². The molecule has 1 atom stereocenters. The lowest BCUT2D eigenvalue weighted by Gasteiger charge is -2.23. The standard InChI is InChI=1S/C14H18FN/c15-11-8-10-4-1-2-5-12(10)13(9-11)14-6-3-7-16-14/h8-9,14,16H,1-7H2/t14-/m0/s1. The topological polar surface area (TPSA) is 12.0 Å². The summed E-state index contributed by atoms with van der Waals surface area (Å²) in [5, 5.41) is 3.48. The predicted octanol–water partition coefficient (Wildman–Crippen LogP) is 3.13. The fourth-order valence-electron chi connectivity index (χ4n) is 3.12. The Morgan fingerprint density at radius 1 is 1.12 bits per heavy atom. The van der Waals surface area contributed by atoms with Crippen LogP contribution in [0, 0.1) is 5.82 Å². The third-order valence-electron chi connectivity index (χ3n) is 3.90. The highest BCUT2D eigenvalue weighted by Gasteiger charge is 2.23. The molecule has 0 amide bonds. The molecule has 0 aromatic heterocycles. The Morgan fingerprint density at radius 2 is 2.00 bits per heavy atom. The van der Waals surface area contributed by atoms with Crippen LogP contribution >= 0.6 is 0 Å². The molecular formula is C14H18FN. The van der Waals surface area contributed by atoms with E-state index in [0.717, 1.165) is 25.8 Å². The predicted molar refractivity (Wildman–Crippen MR) is 63.0 cm³/mol. The molecule has 0 unspecified atom stereocenters. The van der Waals surface area contributed by atoms with Crippen molar-refractivity contribution in [3.05, 3.63) is 34.6 Å². The molecule has 16 heavy (non-hydrogen) atoms. The highest BCUT2D eigenvalue weighted by molar-refractivity contribution is 5.39. The third-order valence-corrected chi connectivity index (χ3v) is 3.90.